The van der Waals surface area contributed by atoms with Crippen LogP contribution in [0.15, 0.2) is 53.3 Å². The third kappa shape index (κ3) is 3.34. The number of nitrogens with one attached hydrogen (secondary N) is 1. The molecule has 0 spiro atoms. The normalized spacial score (nSPS) is 14.2. The Labute approximate surface area is 172 Å². The molecule has 0 saturated heterocycles. The fourth-order valence-corrected chi connectivity index (χ4v) is 5.23. The molecular weight excluding hydrogens is 380 g/mol. The van der Waals surface area contributed by atoms with Crippen LogP contribution in [0, 0.1) is 6.92 Å². The molecule has 0 aliphatic carbocycles. The molecule has 1 aliphatic rings. The zero-order chi connectivity index (χ0) is 20.0. The SMILES string of the molecule is Cc1c(CN2CCc3nc(-c4ccc(N)cc4)[nH]c(=O)c3C2)sc2ccccc12. The summed E-state index contributed by atoms with van der Waals surface area (Å²) in [6.07, 6.45) is 0.783. The van der Waals surface area contributed by atoms with Gasteiger partial charge in [0.15, 0.2) is 0 Å². The van der Waals surface area contributed by atoms with E-state index in [2.05, 4.69) is 41.1 Å². The van der Waals surface area contributed by atoms with Crippen molar-refractivity contribution in [1.82, 2.24) is 14.9 Å². The lowest BCUT2D eigenvalue weighted by atomic mass is 10.1. The molecular formula is C23H22N4OS. The number of rotatable bonds is 3. The number of nitrogen functional groups attached to an aromatic ring is 1. The first kappa shape index (κ1) is 18.1. The molecule has 5 rings (SSSR count). The maximum absolute atomic E-state index is 12.8. The Morgan fingerprint density at radius 2 is 1.97 bits per heavy atom. The largest absolute Gasteiger partial charge is 0.399 e. The average Bonchev–Trinajstić information content (AvgIpc) is 3.04. The number of hydrogen-bond acceptors (Lipinski definition) is 5. The monoisotopic (exact) mass is 402 g/mol. The second-order valence-corrected chi connectivity index (χ2v) is 8.71. The molecule has 3 heterocycles. The van der Waals surface area contributed by atoms with E-state index in [1.807, 2.05) is 35.6 Å². The summed E-state index contributed by atoms with van der Waals surface area (Å²) >= 11 is 1.85. The highest BCUT2D eigenvalue weighted by Gasteiger charge is 2.23. The number of anilines is 1. The number of aryl methyl sites for hydroxylation is 1. The van der Waals surface area contributed by atoms with Crippen LogP contribution in [-0.4, -0.2) is 21.4 Å². The van der Waals surface area contributed by atoms with Gasteiger partial charge in [-0.1, -0.05) is 18.2 Å². The number of aromatic amines is 1. The lowest BCUT2D eigenvalue weighted by Crippen LogP contribution is -2.35. The summed E-state index contributed by atoms with van der Waals surface area (Å²) in [5.74, 6) is 0.613. The highest BCUT2D eigenvalue weighted by Crippen LogP contribution is 2.32. The Morgan fingerprint density at radius 3 is 2.76 bits per heavy atom. The van der Waals surface area contributed by atoms with E-state index in [1.54, 1.807) is 0 Å². The second kappa shape index (κ2) is 7.13. The molecule has 0 unspecified atom stereocenters. The van der Waals surface area contributed by atoms with Gasteiger partial charge < -0.3 is 10.7 Å². The van der Waals surface area contributed by atoms with Crippen molar-refractivity contribution in [3.8, 4) is 11.4 Å². The zero-order valence-corrected chi connectivity index (χ0v) is 17.1. The molecule has 6 heteroatoms. The summed E-state index contributed by atoms with van der Waals surface area (Å²) in [6.45, 7) is 4.59. The minimum absolute atomic E-state index is 0.0420. The van der Waals surface area contributed by atoms with Gasteiger partial charge in [-0.2, -0.15) is 0 Å². The van der Waals surface area contributed by atoms with E-state index in [-0.39, 0.29) is 5.56 Å². The van der Waals surface area contributed by atoms with E-state index in [0.29, 0.717) is 18.1 Å². The standard InChI is InChI=1S/C23H22N4OS/c1-14-17-4-2-3-5-20(17)29-21(14)13-27-11-10-19-18(12-27)23(28)26-22(25-19)15-6-8-16(24)9-7-15/h2-9H,10-13,24H2,1H3,(H,25,26,28). The van der Waals surface area contributed by atoms with E-state index in [0.717, 1.165) is 36.3 Å². The first-order valence-corrected chi connectivity index (χ1v) is 10.6. The van der Waals surface area contributed by atoms with Gasteiger partial charge in [0.05, 0.1) is 11.3 Å². The van der Waals surface area contributed by atoms with Crippen molar-refractivity contribution in [3.63, 3.8) is 0 Å². The van der Waals surface area contributed by atoms with Gasteiger partial charge in [0, 0.05) is 46.9 Å². The van der Waals surface area contributed by atoms with Gasteiger partial charge in [0.2, 0.25) is 0 Å². The average molecular weight is 403 g/mol. The van der Waals surface area contributed by atoms with E-state index in [1.165, 1.54) is 20.5 Å². The van der Waals surface area contributed by atoms with Crippen molar-refractivity contribution in [2.24, 2.45) is 0 Å². The second-order valence-electron chi connectivity index (χ2n) is 7.57. The van der Waals surface area contributed by atoms with Gasteiger partial charge in [-0.05, 0) is 48.2 Å². The summed E-state index contributed by atoms with van der Waals surface area (Å²) in [5.41, 5.74) is 10.3. The van der Waals surface area contributed by atoms with Crippen molar-refractivity contribution in [1.29, 1.82) is 0 Å². The highest BCUT2D eigenvalue weighted by atomic mass is 32.1. The number of nitrogens with zero attached hydrogens (tertiary/aromatic N) is 2. The van der Waals surface area contributed by atoms with E-state index in [9.17, 15) is 4.79 Å². The predicted octanol–water partition coefficient (Wildman–Crippen LogP) is 4.10. The first-order valence-electron chi connectivity index (χ1n) is 9.76. The van der Waals surface area contributed by atoms with Gasteiger partial charge in [0.25, 0.3) is 5.56 Å². The van der Waals surface area contributed by atoms with Crippen molar-refractivity contribution < 1.29 is 0 Å². The molecule has 2 aromatic carbocycles. The minimum atomic E-state index is -0.0420. The number of thiophene rings is 1. The van der Waals surface area contributed by atoms with Crippen LogP contribution in [0.1, 0.15) is 21.7 Å². The Hall–Kier alpha value is -2.96. The molecule has 0 radical (unpaired) electrons. The van der Waals surface area contributed by atoms with Crippen LogP contribution in [0.3, 0.4) is 0 Å². The van der Waals surface area contributed by atoms with Crippen molar-refractivity contribution in [2.75, 3.05) is 12.3 Å². The summed E-state index contributed by atoms with van der Waals surface area (Å²) < 4.78 is 1.32. The topological polar surface area (TPSA) is 75.0 Å². The zero-order valence-electron chi connectivity index (χ0n) is 16.2. The van der Waals surface area contributed by atoms with Gasteiger partial charge in [0.1, 0.15) is 5.82 Å². The van der Waals surface area contributed by atoms with Crippen LogP contribution in [-0.2, 0) is 19.5 Å². The van der Waals surface area contributed by atoms with E-state index < -0.39 is 0 Å². The van der Waals surface area contributed by atoms with Gasteiger partial charge in [-0.3, -0.25) is 9.69 Å². The highest BCUT2D eigenvalue weighted by molar-refractivity contribution is 7.19. The molecule has 29 heavy (non-hydrogen) atoms. The van der Waals surface area contributed by atoms with Crippen LogP contribution < -0.4 is 11.3 Å². The molecule has 3 N–H and O–H groups in total. The van der Waals surface area contributed by atoms with Gasteiger partial charge in [-0.15, -0.1) is 11.3 Å². The third-order valence-electron chi connectivity index (χ3n) is 5.64. The summed E-state index contributed by atoms with van der Waals surface area (Å²) in [5, 5.41) is 1.33. The Kier molecular flexibility index (Phi) is 4.45. The summed E-state index contributed by atoms with van der Waals surface area (Å²) in [4.78, 5) is 24.2. The molecule has 1 aliphatic heterocycles. The summed E-state index contributed by atoms with van der Waals surface area (Å²) in [7, 11) is 0. The molecule has 0 amide bonds. The number of hydrogen-bond donors (Lipinski definition) is 2. The number of benzene rings is 2. The van der Waals surface area contributed by atoms with Crippen LogP contribution in [0.4, 0.5) is 5.69 Å². The lowest BCUT2D eigenvalue weighted by molar-refractivity contribution is 0.243. The molecule has 0 fully saturated rings. The molecule has 0 saturated carbocycles. The Bertz CT molecular complexity index is 1260. The van der Waals surface area contributed by atoms with E-state index >= 15 is 0 Å². The number of H-pyrrole nitrogens is 1. The number of fused-ring (bicyclic) bond motifs is 2. The fraction of sp³-hybridized carbons (Fsp3) is 0.217. The Morgan fingerprint density at radius 1 is 1.17 bits per heavy atom. The minimum Gasteiger partial charge on any atom is -0.399 e. The maximum Gasteiger partial charge on any atom is 0.255 e. The van der Waals surface area contributed by atoms with Crippen LogP contribution in [0.2, 0.25) is 0 Å². The smallest absolute Gasteiger partial charge is 0.255 e. The van der Waals surface area contributed by atoms with E-state index in [4.69, 9.17) is 10.7 Å². The lowest BCUT2D eigenvalue weighted by Gasteiger charge is -2.27. The van der Waals surface area contributed by atoms with Crippen molar-refractivity contribution in [3.05, 3.63) is 80.6 Å². The van der Waals surface area contributed by atoms with Crippen LogP contribution in [0.5, 0.6) is 0 Å². The van der Waals surface area contributed by atoms with Crippen molar-refractivity contribution >= 4 is 27.1 Å². The van der Waals surface area contributed by atoms with Crippen molar-refractivity contribution in [2.45, 2.75) is 26.4 Å². The first-order chi connectivity index (χ1) is 14.1. The Balaban J connectivity index is 1.41. The third-order valence-corrected chi connectivity index (χ3v) is 6.90. The maximum atomic E-state index is 12.8. The molecule has 146 valence electrons. The molecule has 5 nitrogen and oxygen atoms in total. The molecule has 0 atom stereocenters. The molecule has 2 aromatic heterocycles. The molecule has 0 bridgehead atoms. The van der Waals surface area contributed by atoms with Gasteiger partial charge in [-0.25, -0.2) is 4.98 Å². The fourth-order valence-electron chi connectivity index (χ4n) is 3.97. The molecule has 4 aromatic rings. The predicted molar refractivity (Wildman–Crippen MR) is 119 cm³/mol. The van der Waals surface area contributed by atoms with Crippen LogP contribution in [0.25, 0.3) is 21.5 Å². The number of aromatic nitrogens is 2. The summed E-state index contributed by atoms with van der Waals surface area (Å²) in [6, 6.07) is 16.0. The van der Waals surface area contributed by atoms with Gasteiger partial charge >= 0.3 is 0 Å². The number of nitrogens with two attached hydrogens (primary N) is 1. The quantitative estimate of drug-likeness (QED) is 0.506. The van der Waals surface area contributed by atoms with Crippen LogP contribution >= 0.6 is 11.3 Å².